The number of anilines is 1. The van der Waals surface area contributed by atoms with Crippen LogP contribution in [0.25, 0.3) is 22.2 Å². The van der Waals surface area contributed by atoms with Crippen molar-refractivity contribution in [2.24, 2.45) is 5.14 Å². The molecule has 0 unspecified atom stereocenters. The lowest BCUT2D eigenvalue weighted by Crippen LogP contribution is -2.37. The highest BCUT2D eigenvalue weighted by atomic mass is 35.5. The molecule has 1 aliphatic heterocycles. The van der Waals surface area contributed by atoms with Gasteiger partial charge in [-0.25, -0.2) is 0 Å². The number of nitrogens with two attached hydrogens (primary N) is 1. The van der Waals surface area contributed by atoms with Crippen molar-refractivity contribution in [3.05, 3.63) is 69.6 Å². The van der Waals surface area contributed by atoms with Gasteiger partial charge in [-0.05, 0) is 62.1 Å². The molecule has 3 heterocycles. The quantitative estimate of drug-likeness (QED) is 0.185. The van der Waals surface area contributed by atoms with Gasteiger partial charge >= 0.3 is 0 Å². The molecule has 0 radical (unpaired) electrons. The number of aromatic nitrogens is 1. The number of aldehydes is 1. The number of fused-ring (bicyclic) bond motifs is 1. The Morgan fingerprint density at radius 2 is 1.81 bits per heavy atom. The molecule has 2 fully saturated rings. The molecule has 37 heavy (non-hydrogen) atoms. The molecule has 0 amide bonds. The minimum Gasteiger partial charge on any atom is -0.453 e. The number of hydrogen-bond donors (Lipinski definition) is 2. The van der Waals surface area contributed by atoms with Crippen LogP contribution in [0.3, 0.4) is 0 Å². The number of halogens is 2. The lowest BCUT2D eigenvalue weighted by molar-refractivity contribution is 0.0246. The predicted molar refractivity (Wildman–Crippen MR) is 149 cm³/mol. The van der Waals surface area contributed by atoms with Crippen LogP contribution in [0.4, 0.5) is 5.69 Å². The number of piperidine rings is 1. The van der Waals surface area contributed by atoms with Crippen LogP contribution in [0, 0.1) is 0 Å². The largest absolute Gasteiger partial charge is 0.453 e. The molecule has 4 aromatic rings. The molecule has 2 aliphatic rings. The lowest BCUT2D eigenvalue weighted by Gasteiger charge is -2.33. The molecule has 2 N–H and O–H groups in total. The standard InChI is InChI=1S/C27H24Cl2N2O4.H3NS/c28-22-2-1-3-23(29)25(22)26-21(27(35-30-26)16-4-5-16)15-33-19-8-10-31(11-9-19)18-6-7-24-17(12-18)13-20(14-32)34-24;1-2/h1-3,6-7,12-14,16,19H,4-5,8-11,15H2;2H,1H2. The molecular formula is C27H27Cl2N3O4S. The van der Waals surface area contributed by atoms with Gasteiger partial charge in [0.05, 0.1) is 22.8 Å². The van der Waals surface area contributed by atoms with E-state index < -0.39 is 0 Å². The van der Waals surface area contributed by atoms with E-state index in [-0.39, 0.29) is 6.10 Å². The smallest absolute Gasteiger partial charge is 0.185 e. The summed E-state index contributed by atoms with van der Waals surface area (Å²) in [5, 5.41) is 10.6. The van der Waals surface area contributed by atoms with Gasteiger partial charge in [-0.3, -0.25) is 9.93 Å². The Hall–Kier alpha value is -2.49. The third kappa shape index (κ3) is 5.54. The molecule has 0 atom stereocenters. The van der Waals surface area contributed by atoms with Crippen molar-refractivity contribution in [2.75, 3.05) is 18.0 Å². The molecule has 2 aromatic heterocycles. The first-order chi connectivity index (χ1) is 18.1. The van der Waals surface area contributed by atoms with E-state index in [1.165, 1.54) is 0 Å². The van der Waals surface area contributed by atoms with E-state index in [9.17, 15) is 4.79 Å². The third-order valence-corrected chi connectivity index (χ3v) is 7.50. The Bertz CT molecular complexity index is 1370. The Morgan fingerprint density at radius 1 is 1.08 bits per heavy atom. The Labute approximate surface area is 230 Å². The van der Waals surface area contributed by atoms with E-state index in [2.05, 4.69) is 34.1 Å². The maximum absolute atomic E-state index is 11.0. The van der Waals surface area contributed by atoms with Gasteiger partial charge in [0.1, 0.15) is 17.0 Å². The van der Waals surface area contributed by atoms with Crippen LogP contribution in [0.2, 0.25) is 10.0 Å². The second-order valence-electron chi connectivity index (χ2n) is 9.23. The summed E-state index contributed by atoms with van der Waals surface area (Å²) in [6.45, 7) is 2.19. The molecule has 0 spiro atoms. The number of benzene rings is 2. The van der Waals surface area contributed by atoms with E-state index in [4.69, 9.17) is 36.9 Å². The van der Waals surface area contributed by atoms with Crippen molar-refractivity contribution >= 4 is 59.0 Å². The molecule has 2 aromatic carbocycles. The molecular weight excluding hydrogens is 533 g/mol. The van der Waals surface area contributed by atoms with Crippen LogP contribution < -0.4 is 10.0 Å². The van der Waals surface area contributed by atoms with E-state index in [0.717, 1.165) is 73.0 Å². The van der Waals surface area contributed by atoms with Gasteiger partial charge in [0, 0.05) is 41.2 Å². The summed E-state index contributed by atoms with van der Waals surface area (Å²) >= 11 is 16.0. The van der Waals surface area contributed by atoms with Crippen molar-refractivity contribution in [1.29, 1.82) is 0 Å². The first kappa shape index (κ1) is 26.1. The fraction of sp³-hybridized carbons (Fsp3) is 0.333. The van der Waals surface area contributed by atoms with Gasteiger partial charge in [-0.1, -0.05) is 34.4 Å². The first-order valence-corrected chi connectivity index (χ1v) is 13.4. The minimum atomic E-state index is 0.141. The monoisotopic (exact) mass is 559 g/mol. The van der Waals surface area contributed by atoms with E-state index in [0.29, 0.717) is 39.6 Å². The summed E-state index contributed by atoms with van der Waals surface area (Å²) < 4.78 is 17.6. The molecule has 1 aliphatic carbocycles. The van der Waals surface area contributed by atoms with Gasteiger partial charge in [-0.2, -0.15) is 0 Å². The Kier molecular flexibility index (Phi) is 8.12. The molecule has 194 valence electrons. The van der Waals surface area contributed by atoms with Crippen LogP contribution >= 0.6 is 36.0 Å². The first-order valence-electron chi connectivity index (χ1n) is 12.1. The number of carbonyl (C=O) groups is 1. The van der Waals surface area contributed by atoms with Crippen LogP contribution in [0.1, 0.15) is 53.5 Å². The topological polar surface area (TPSA) is 94.7 Å². The zero-order valence-corrected chi connectivity index (χ0v) is 22.4. The van der Waals surface area contributed by atoms with Gasteiger partial charge in [-0.15, -0.1) is 12.8 Å². The van der Waals surface area contributed by atoms with Gasteiger partial charge < -0.3 is 18.6 Å². The SMILES string of the molecule is NS.O=Cc1cc2cc(N3CCC(OCc4c(-c5c(Cl)cccc5Cl)noc4C4CC4)CC3)ccc2o1. The maximum atomic E-state index is 11.0. The summed E-state index contributed by atoms with van der Waals surface area (Å²) in [6.07, 6.45) is 4.90. The van der Waals surface area contributed by atoms with E-state index in [1.54, 1.807) is 6.07 Å². The summed E-state index contributed by atoms with van der Waals surface area (Å²) in [5.41, 5.74) is 4.19. The third-order valence-electron chi connectivity index (χ3n) is 6.87. The summed E-state index contributed by atoms with van der Waals surface area (Å²) in [7, 11) is 0. The second-order valence-corrected chi connectivity index (χ2v) is 10.0. The number of hydrogen-bond acceptors (Lipinski definition) is 8. The summed E-state index contributed by atoms with van der Waals surface area (Å²) in [5.74, 6) is 1.65. The average molecular weight is 561 g/mol. The number of rotatable bonds is 7. The van der Waals surface area contributed by atoms with Crippen molar-refractivity contribution in [2.45, 2.75) is 44.3 Å². The van der Waals surface area contributed by atoms with Crippen LogP contribution in [0.15, 0.2) is 51.4 Å². The Balaban J connectivity index is 0.00000137. The fourth-order valence-electron chi connectivity index (χ4n) is 4.84. The maximum Gasteiger partial charge on any atom is 0.185 e. The highest BCUT2D eigenvalue weighted by Crippen LogP contribution is 2.46. The van der Waals surface area contributed by atoms with Crippen molar-refractivity contribution < 1.29 is 18.5 Å². The fourth-order valence-corrected chi connectivity index (χ4v) is 5.41. The predicted octanol–water partition coefficient (Wildman–Crippen LogP) is 7.06. The number of nitrogens with zero attached hydrogens (tertiary/aromatic N) is 2. The van der Waals surface area contributed by atoms with Crippen LogP contribution in [0.5, 0.6) is 0 Å². The molecule has 7 nitrogen and oxygen atoms in total. The zero-order valence-electron chi connectivity index (χ0n) is 20.0. The summed E-state index contributed by atoms with van der Waals surface area (Å²) in [6, 6.07) is 13.3. The zero-order chi connectivity index (χ0) is 25.9. The lowest BCUT2D eigenvalue weighted by atomic mass is 10.0. The van der Waals surface area contributed by atoms with Crippen molar-refractivity contribution in [3.63, 3.8) is 0 Å². The molecule has 1 saturated carbocycles. The van der Waals surface area contributed by atoms with Crippen molar-refractivity contribution in [3.8, 4) is 11.3 Å². The van der Waals surface area contributed by atoms with Crippen LogP contribution in [-0.2, 0) is 11.3 Å². The average Bonchev–Trinajstić information content (AvgIpc) is 3.55. The van der Waals surface area contributed by atoms with Gasteiger partial charge in [0.25, 0.3) is 0 Å². The number of ether oxygens (including phenoxy) is 1. The van der Waals surface area contributed by atoms with E-state index in [1.807, 2.05) is 30.3 Å². The van der Waals surface area contributed by atoms with Crippen LogP contribution in [-0.4, -0.2) is 30.6 Å². The second kappa shape index (κ2) is 11.5. The molecule has 1 saturated heterocycles. The van der Waals surface area contributed by atoms with Gasteiger partial charge in [0.2, 0.25) is 0 Å². The molecule has 10 heteroatoms. The molecule has 6 rings (SSSR count). The number of thiol groups is 1. The van der Waals surface area contributed by atoms with Crippen molar-refractivity contribution in [1.82, 2.24) is 5.16 Å². The van der Waals surface area contributed by atoms with Gasteiger partial charge in [0.15, 0.2) is 12.0 Å². The highest BCUT2D eigenvalue weighted by Gasteiger charge is 2.34. The normalized spacial score (nSPS) is 16.1. The summed E-state index contributed by atoms with van der Waals surface area (Å²) in [4.78, 5) is 13.3. The highest BCUT2D eigenvalue weighted by molar-refractivity contribution is 7.77. The number of furan rings is 1. The Morgan fingerprint density at radius 3 is 2.49 bits per heavy atom. The van der Waals surface area contributed by atoms with E-state index >= 15 is 0 Å². The number of carbonyl (C=O) groups excluding carboxylic acids is 1. The molecule has 0 bridgehead atoms. The minimum absolute atomic E-state index is 0.141.